The Balaban J connectivity index is 1.72. The summed E-state index contributed by atoms with van der Waals surface area (Å²) in [5.41, 5.74) is 0.309. The molecule has 18 heavy (non-hydrogen) atoms. The minimum absolute atomic E-state index is 0.0162. The van der Waals surface area contributed by atoms with Gasteiger partial charge >= 0.3 is 0 Å². The zero-order valence-corrected chi connectivity index (χ0v) is 10.0. The van der Waals surface area contributed by atoms with Gasteiger partial charge in [0.2, 0.25) is 0 Å². The number of aromatic nitrogens is 3. The summed E-state index contributed by atoms with van der Waals surface area (Å²) in [4.78, 5) is 11.7. The van der Waals surface area contributed by atoms with Crippen LogP contribution in [0.1, 0.15) is 16.5 Å². The van der Waals surface area contributed by atoms with Crippen LogP contribution in [0.2, 0.25) is 0 Å². The molecule has 3 N–H and O–H groups in total. The third kappa shape index (κ3) is 3.25. The maximum Gasteiger partial charge on any atom is 0.273 e. The zero-order valence-electron chi connectivity index (χ0n) is 10.0. The fraction of sp³-hybridized carbons (Fsp3) is 0.700. The van der Waals surface area contributed by atoms with Crippen molar-refractivity contribution in [2.75, 3.05) is 39.5 Å². The van der Waals surface area contributed by atoms with Crippen molar-refractivity contribution in [2.24, 2.45) is 0 Å². The van der Waals surface area contributed by atoms with E-state index in [1.165, 1.54) is 0 Å². The minimum atomic E-state index is -0.263. The molecule has 0 saturated carbocycles. The van der Waals surface area contributed by atoms with Gasteiger partial charge in [0, 0.05) is 19.6 Å². The van der Waals surface area contributed by atoms with E-state index in [0.717, 1.165) is 13.1 Å². The number of hydrogen-bond donors (Lipinski definition) is 3. The molecular formula is C10H17N5O3. The lowest BCUT2D eigenvalue weighted by Crippen LogP contribution is -2.43. The molecule has 2 heterocycles. The van der Waals surface area contributed by atoms with Crippen molar-refractivity contribution in [3.63, 3.8) is 0 Å². The van der Waals surface area contributed by atoms with Crippen molar-refractivity contribution in [1.29, 1.82) is 0 Å². The fourth-order valence-electron chi connectivity index (χ4n) is 1.51. The second-order valence-corrected chi connectivity index (χ2v) is 3.99. The van der Waals surface area contributed by atoms with Gasteiger partial charge < -0.3 is 20.5 Å². The number of amides is 1. The van der Waals surface area contributed by atoms with Gasteiger partial charge in [-0.25, -0.2) is 4.68 Å². The van der Waals surface area contributed by atoms with E-state index in [-0.39, 0.29) is 19.1 Å². The molecule has 100 valence electrons. The van der Waals surface area contributed by atoms with Gasteiger partial charge in [-0.15, -0.1) is 5.10 Å². The number of aliphatic hydroxyl groups excluding tert-OH is 1. The SMILES string of the molecule is O=C(NCCOCCO)c1cn(C2CNC2)nn1. The fourth-order valence-corrected chi connectivity index (χ4v) is 1.51. The molecule has 0 radical (unpaired) electrons. The van der Waals surface area contributed by atoms with Crippen molar-refractivity contribution in [3.8, 4) is 0 Å². The molecular weight excluding hydrogens is 238 g/mol. The maximum absolute atomic E-state index is 11.7. The van der Waals surface area contributed by atoms with E-state index >= 15 is 0 Å². The topological polar surface area (TPSA) is 101 Å². The summed E-state index contributed by atoms with van der Waals surface area (Å²) < 4.78 is 6.73. The Hall–Kier alpha value is -1.51. The van der Waals surface area contributed by atoms with Crippen LogP contribution in [0.25, 0.3) is 0 Å². The first-order valence-electron chi connectivity index (χ1n) is 5.90. The molecule has 0 aliphatic carbocycles. The maximum atomic E-state index is 11.7. The highest BCUT2D eigenvalue weighted by molar-refractivity contribution is 5.91. The molecule has 1 fully saturated rings. The van der Waals surface area contributed by atoms with E-state index in [1.807, 2.05) is 0 Å². The van der Waals surface area contributed by atoms with Gasteiger partial charge in [-0.1, -0.05) is 5.21 Å². The number of carbonyl (C=O) groups is 1. The first-order chi connectivity index (χ1) is 8.81. The third-order valence-electron chi connectivity index (χ3n) is 2.64. The molecule has 0 spiro atoms. The molecule has 8 heteroatoms. The highest BCUT2D eigenvalue weighted by Crippen LogP contribution is 2.09. The number of hydrogen-bond acceptors (Lipinski definition) is 6. The lowest BCUT2D eigenvalue weighted by Gasteiger charge is -2.26. The molecule has 0 aromatic carbocycles. The summed E-state index contributed by atoms with van der Waals surface area (Å²) in [6.45, 7) is 2.74. The molecule has 0 unspecified atom stereocenters. The van der Waals surface area contributed by atoms with Gasteiger partial charge in [0.25, 0.3) is 5.91 Å². The lowest BCUT2D eigenvalue weighted by molar-refractivity contribution is 0.0835. The van der Waals surface area contributed by atoms with Crippen LogP contribution in [0.4, 0.5) is 0 Å². The van der Waals surface area contributed by atoms with Crippen molar-refractivity contribution in [3.05, 3.63) is 11.9 Å². The Bertz CT molecular complexity index is 391. The predicted octanol–water partition coefficient (Wildman–Crippen LogP) is -1.84. The van der Waals surface area contributed by atoms with Gasteiger partial charge in [-0.3, -0.25) is 4.79 Å². The quantitative estimate of drug-likeness (QED) is 0.495. The summed E-state index contributed by atoms with van der Waals surface area (Å²) in [7, 11) is 0. The van der Waals surface area contributed by atoms with Gasteiger partial charge in [-0.2, -0.15) is 0 Å². The van der Waals surface area contributed by atoms with Crippen LogP contribution in [0.15, 0.2) is 6.20 Å². The highest BCUT2D eigenvalue weighted by atomic mass is 16.5. The van der Waals surface area contributed by atoms with Crippen LogP contribution in [0, 0.1) is 0 Å². The third-order valence-corrected chi connectivity index (χ3v) is 2.64. The highest BCUT2D eigenvalue weighted by Gasteiger charge is 2.21. The molecule has 1 aliphatic heterocycles. The summed E-state index contributed by atoms with van der Waals surface area (Å²) >= 11 is 0. The van der Waals surface area contributed by atoms with Crippen LogP contribution in [-0.2, 0) is 4.74 Å². The predicted molar refractivity (Wildman–Crippen MR) is 62.2 cm³/mol. The number of nitrogens with zero attached hydrogens (tertiary/aromatic N) is 3. The second-order valence-electron chi connectivity index (χ2n) is 3.99. The van der Waals surface area contributed by atoms with Crippen molar-refractivity contribution < 1.29 is 14.6 Å². The van der Waals surface area contributed by atoms with Crippen molar-refractivity contribution in [2.45, 2.75) is 6.04 Å². The molecule has 1 aromatic heterocycles. The van der Waals surface area contributed by atoms with Gasteiger partial charge in [0.1, 0.15) is 0 Å². The van der Waals surface area contributed by atoms with E-state index in [2.05, 4.69) is 20.9 Å². The molecule has 1 aliphatic rings. The average Bonchev–Trinajstić information content (AvgIpc) is 2.75. The van der Waals surface area contributed by atoms with E-state index < -0.39 is 0 Å². The van der Waals surface area contributed by atoms with Gasteiger partial charge in [0.15, 0.2) is 5.69 Å². The number of rotatable bonds is 7. The monoisotopic (exact) mass is 255 g/mol. The van der Waals surface area contributed by atoms with E-state index in [4.69, 9.17) is 9.84 Å². The molecule has 1 amide bonds. The molecule has 1 aromatic rings. The van der Waals surface area contributed by atoms with Crippen molar-refractivity contribution >= 4 is 5.91 Å². The van der Waals surface area contributed by atoms with Crippen LogP contribution >= 0.6 is 0 Å². The number of ether oxygens (including phenoxy) is 1. The zero-order chi connectivity index (χ0) is 12.8. The van der Waals surface area contributed by atoms with E-state index in [9.17, 15) is 4.79 Å². The Kier molecular flexibility index (Phi) is 4.62. The number of nitrogens with one attached hydrogen (secondary N) is 2. The Morgan fingerprint density at radius 2 is 2.44 bits per heavy atom. The molecule has 0 bridgehead atoms. The largest absolute Gasteiger partial charge is 0.394 e. The van der Waals surface area contributed by atoms with Crippen LogP contribution < -0.4 is 10.6 Å². The average molecular weight is 255 g/mol. The van der Waals surface area contributed by atoms with Crippen LogP contribution in [0.5, 0.6) is 0 Å². The van der Waals surface area contributed by atoms with Gasteiger partial charge in [-0.05, 0) is 0 Å². The first kappa shape index (κ1) is 12.9. The van der Waals surface area contributed by atoms with E-state index in [0.29, 0.717) is 24.9 Å². The summed E-state index contributed by atoms with van der Waals surface area (Å²) in [6, 6.07) is 0.298. The molecule has 2 rings (SSSR count). The summed E-state index contributed by atoms with van der Waals surface area (Å²) in [6.07, 6.45) is 1.65. The lowest BCUT2D eigenvalue weighted by atomic mass is 10.2. The first-order valence-corrected chi connectivity index (χ1v) is 5.90. The van der Waals surface area contributed by atoms with Gasteiger partial charge in [0.05, 0.1) is 32.1 Å². The number of aliphatic hydroxyl groups is 1. The van der Waals surface area contributed by atoms with Crippen LogP contribution in [0.3, 0.4) is 0 Å². The Morgan fingerprint density at radius 1 is 1.61 bits per heavy atom. The number of carbonyl (C=O) groups excluding carboxylic acids is 1. The van der Waals surface area contributed by atoms with E-state index in [1.54, 1.807) is 10.9 Å². The Labute approximate surface area is 104 Å². The van der Waals surface area contributed by atoms with Crippen molar-refractivity contribution in [1.82, 2.24) is 25.6 Å². The summed E-state index contributed by atoms with van der Waals surface area (Å²) in [5.74, 6) is -0.263. The van der Waals surface area contributed by atoms with Crippen LogP contribution in [-0.4, -0.2) is 65.5 Å². The molecule has 8 nitrogen and oxygen atoms in total. The molecule has 0 atom stereocenters. The normalized spacial score (nSPS) is 15.4. The summed E-state index contributed by atoms with van der Waals surface area (Å²) in [5, 5.41) is 22.0. The second kappa shape index (κ2) is 6.43. The minimum Gasteiger partial charge on any atom is -0.394 e. The Morgan fingerprint density at radius 3 is 3.11 bits per heavy atom. The smallest absolute Gasteiger partial charge is 0.273 e. The standard InChI is InChI=1S/C10H17N5O3/c16-2-4-18-3-1-12-10(17)9-7-15(14-13-9)8-5-11-6-8/h7-8,11,16H,1-6H2,(H,12,17). The molecule has 1 saturated heterocycles.